The van der Waals surface area contributed by atoms with Crippen molar-refractivity contribution in [2.45, 2.75) is 84.0 Å². The van der Waals surface area contributed by atoms with Gasteiger partial charge in [-0.2, -0.15) is 0 Å². The zero-order chi connectivity index (χ0) is 17.6. The van der Waals surface area contributed by atoms with E-state index in [9.17, 15) is 0 Å². The van der Waals surface area contributed by atoms with E-state index in [1.165, 1.54) is 93.4 Å². The average molecular weight is 337 g/mol. The molecule has 0 atom stereocenters. The zero-order valence-electron chi connectivity index (χ0n) is 16.2. The largest absolute Gasteiger partial charge is 0.0888 e. The Balaban J connectivity index is 1.44. The summed E-state index contributed by atoms with van der Waals surface area (Å²) in [6, 6.07) is 15.6. The van der Waals surface area contributed by atoms with E-state index in [4.69, 9.17) is 0 Å². The van der Waals surface area contributed by atoms with E-state index in [-0.39, 0.29) is 0 Å². The van der Waals surface area contributed by atoms with Gasteiger partial charge in [0.15, 0.2) is 0 Å². The van der Waals surface area contributed by atoms with Crippen LogP contribution >= 0.6 is 0 Å². The molecule has 0 fully saturated rings. The van der Waals surface area contributed by atoms with E-state index < -0.39 is 0 Å². The molecule has 0 radical (unpaired) electrons. The van der Waals surface area contributed by atoms with Gasteiger partial charge in [-0.25, -0.2) is 0 Å². The lowest BCUT2D eigenvalue weighted by atomic mass is 10.0. The van der Waals surface area contributed by atoms with Crippen LogP contribution in [-0.2, 0) is 6.42 Å². The highest BCUT2D eigenvalue weighted by molar-refractivity contribution is 5.82. The molecule has 0 nitrogen and oxygen atoms in total. The first-order valence-electron chi connectivity index (χ1n) is 10.5. The van der Waals surface area contributed by atoms with Crippen molar-refractivity contribution in [1.29, 1.82) is 0 Å². The van der Waals surface area contributed by atoms with Gasteiger partial charge in [0.1, 0.15) is 0 Å². The van der Waals surface area contributed by atoms with Crippen LogP contribution in [0.15, 0.2) is 54.6 Å². The van der Waals surface area contributed by atoms with E-state index in [0.717, 1.165) is 0 Å². The summed E-state index contributed by atoms with van der Waals surface area (Å²) in [5, 5.41) is 2.73. The Morgan fingerprint density at radius 2 is 1.28 bits per heavy atom. The highest BCUT2D eigenvalue weighted by atomic mass is 14.0. The van der Waals surface area contributed by atoms with Crippen LogP contribution in [0.5, 0.6) is 0 Å². The number of allylic oxidation sites excluding steroid dienone is 2. The fraction of sp³-hybridized carbons (Fsp3) is 0.520. The molecule has 2 aromatic rings. The Hall–Kier alpha value is -1.56. The van der Waals surface area contributed by atoms with Crippen molar-refractivity contribution in [2.75, 3.05) is 0 Å². The summed E-state index contributed by atoms with van der Waals surface area (Å²) in [4.78, 5) is 0. The molecular formula is C25H36. The maximum atomic E-state index is 2.37. The molecular weight excluding hydrogens is 300 g/mol. The van der Waals surface area contributed by atoms with Gasteiger partial charge < -0.3 is 0 Å². The van der Waals surface area contributed by atoms with Gasteiger partial charge >= 0.3 is 0 Å². The second-order valence-corrected chi connectivity index (χ2v) is 7.28. The summed E-state index contributed by atoms with van der Waals surface area (Å²) < 4.78 is 0. The van der Waals surface area contributed by atoms with Crippen molar-refractivity contribution >= 4 is 10.8 Å². The molecule has 0 aromatic heterocycles. The Labute approximate surface area is 155 Å². The number of fused-ring (bicyclic) bond motifs is 1. The number of aryl methyl sites for hydroxylation is 1. The van der Waals surface area contributed by atoms with Crippen molar-refractivity contribution in [2.24, 2.45) is 0 Å². The first-order chi connectivity index (χ1) is 12.4. The smallest absolute Gasteiger partial charge is 0.0181 e. The molecule has 0 aliphatic heterocycles. The second kappa shape index (κ2) is 12.8. The molecule has 2 rings (SSSR count). The highest BCUT2D eigenvalue weighted by Gasteiger charge is 1.97. The molecule has 25 heavy (non-hydrogen) atoms. The predicted molar refractivity (Wildman–Crippen MR) is 113 cm³/mol. The first kappa shape index (κ1) is 19.8. The van der Waals surface area contributed by atoms with Crippen LogP contribution in [0.3, 0.4) is 0 Å². The van der Waals surface area contributed by atoms with Crippen LogP contribution in [0.1, 0.15) is 83.1 Å². The Morgan fingerprint density at radius 1 is 0.640 bits per heavy atom. The lowest BCUT2D eigenvalue weighted by molar-refractivity contribution is 0.560. The third-order valence-electron chi connectivity index (χ3n) is 5.05. The highest BCUT2D eigenvalue weighted by Crippen LogP contribution is 2.18. The molecule has 0 amide bonds. The monoisotopic (exact) mass is 336 g/mol. The molecule has 2 aromatic carbocycles. The van der Waals surface area contributed by atoms with Crippen molar-refractivity contribution in [3.8, 4) is 0 Å². The number of hydrogen-bond donors (Lipinski definition) is 0. The molecule has 0 heterocycles. The van der Waals surface area contributed by atoms with Gasteiger partial charge in [0, 0.05) is 0 Å². The van der Waals surface area contributed by atoms with Crippen LogP contribution in [0.25, 0.3) is 10.8 Å². The van der Waals surface area contributed by atoms with E-state index >= 15 is 0 Å². The fourth-order valence-electron chi connectivity index (χ4n) is 3.51. The van der Waals surface area contributed by atoms with E-state index in [2.05, 4.69) is 61.5 Å². The lowest BCUT2D eigenvalue weighted by Gasteiger charge is -2.05. The van der Waals surface area contributed by atoms with Crippen molar-refractivity contribution in [3.05, 3.63) is 60.2 Å². The first-order valence-corrected chi connectivity index (χ1v) is 10.5. The second-order valence-electron chi connectivity index (χ2n) is 7.28. The molecule has 0 aliphatic carbocycles. The van der Waals surface area contributed by atoms with Crippen LogP contribution in [-0.4, -0.2) is 0 Å². The molecule has 0 N–H and O–H groups in total. The van der Waals surface area contributed by atoms with Gasteiger partial charge in [0.25, 0.3) is 0 Å². The van der Waals surface area contributed by atoms with Gasteiger partial charge in [0.05, 0.1) is 0 Å². The van der Waals surface area contributed by atoms with Crippen LogP contribution in [0, 0.1) is 0 Å². The Bertz CT molecular complexity index is 608. The number of hydrogen-bond acceptors (Lipinski definition) is 0. The zero-order valence-corrected chi connectivity index (χ0v) is 16.2. The summed E-state index contributed by atoms with van der Waals surface area (Å²) in [7, 11) is 0. The molecule has 0 aliphatic rings. The minimum atomic E-state index is 1.18. The topological polar surface area (TPSA) is 0 Å². The standard InChI is InChI=1S/C25H36/c1-2-3-4-5-6-7-8-9-10-11-12-13-14-17-23-20-21-24-18-15-16-19-25(24)22-23/h3-4,15-16,18-22H,2,5-14,17H2,1H3/b4-3+. The normalized spacial score (nSPS) is 11.6. The molecule has 0 heteroatoms. The summed E-state index contributed by atoms with van der Waals surface area (Å²) in [6.45, 7) is 2.21. The van der Waals surface area contributed by atoms with Gasteiger partial charge in [-0.05, 0) is 48.4 Å². The molecule has 0 saturated heterocycles. The number of unbranched alkanes of at least 4 members (excludes halogenated alkanes) is 9. The van der Waals surface area contributed by atoms with Gasteiger partial charge in [-0.3, -0.25) is 0 Å². The molecule has 0 spiro atoms. The molecule has 0 bridgehead atoms. The van der Waals surface area contributed by atoms with Crippen molar-refractivity contribution in [3.63, 3.8) is 0 Å². The molecule has 0 unspecified atom stereocenters. The van der Waals surface area contributed by atoms with Crippen LogP contribution in [0.2, 0.25) is 0 Å². The fourth-order valence-corrected chi connectivity index (χ4v) is 3.51. The molecule has 136 valence electrons. The van der Waals surface area contributed by atoms with Gasteiger partial charge in [0.2, 0.25) is 0 Å². The molecule has 0 saturated carbocycles. The van der Waals surface area contributed by atoms with E-state index in [1.54, 1.807) is 0 Å². The Kier molecular flexibility index (Phi) is 10.1. The maximum absolute atomic E-state index is 2.37. The van der Waals surface area contributed by atoms with Crippen molar-refractivity contribution < 1.29 is 0 Å². The number of rotatable bonds is 13. The third kappa shape index (κ3) is 8.38. The average Bonchev–Trinajstić information content (AvgIpc) is 2.65. The minimum Gasteiger partial charge on any atom is -0.0888 e. The summed E-state index contributed by atoms with van der Waals surface area (Å²) >= 11 is 0. The van der Waals surface area contributed by atoms with E-state index in [0.29, 0.717) is 0 Å². The summed E-state index contributed by atoms with van der Waals surface area (Å²) in [6.07, 6.45) is 21.0. The SMILES string of the molecule is CC/C=C/CCCCCCCCCCCc1ccc2ccccc2c1. The maximum Gasteiger partial charge on any atom is -0.0181 e. The summed E-state index contributed by atoms with van der Waals surface area (Å²) in [5.41, 5.74) is 1.50. The quantitative estimate of drug-likeness (QED) is 0.255. The minimum absolute atomic E-state index is 1.18. The van der Waals surface area contributed by atoms with Gasteiger partial charge in [-0.15, -0.1) is 0 Å². The van der Waals surface area contributed by atoms with Gasteiger partial charge in [-0.1, -0.05) is 106 Å². The summed E-state index contributed by atoms with van der Waals surface area (Å²) in [5.74, 6) is 0. The van der Waals surface area contributed by atoms with Crippen molar-refractivity contribution in [1.82, 2.24) is 0 Å². The van der Waals surface area contributed by atoms with Crippen LogP contribution in [0.4, 0.5) is 0 Å². The van der Waals surface area contributed by atoms with E-state index in [1.807, 2.05) is 0 Å². The Morgan fingerprint density at radius 3 is 2.00 bits per heavy atom. The number of benzene rings is 2. The van der Waals surface area contributed by atoms with Crippen LogP contribution < -0.4 is 0 Å². The third-order valence-corrected chi connectivity index (χ3v) is 5.05. The lowest BCUT2D eigenvalue weighted by Crippen LogP contribution is -1.87. The predicted octanol–water partition coefficient (Wildman–Crippen LogP) is 8.25.